The van der Waals surface area contributed by atoms with E-state index in [-0.39, 0.29) is 11.9 Å². The Morgan fingerprint density at radius 2 is 2.19 bits per heavy atom. The lowest BCUT2D eigenvalue weighted by atomic mass is 10.2. The van der Waals surface area contributed by atoms with Crippen molar-refractivity contribution in [1.82, 2.24) is 15.2 Å². The molecule has 1 atom stereocenters. The highest BCUT2D eigenvalue weighted by atomic mass is 35.5. The van der Waals surface area contributed by atoms with Gasteiger partial charge in [-0.15, -0.1) is 0 Å². The van der Waals surface area contributed by atoms with E-state index in [9.17, 15) is 4.79 Å². The number of amides is 1. The summed E-state index contributed by atoms with van der Waals surface area (Å²) in [5.41, 5.74) is 2.16. The van der Waals surface area contributed by atoms with Crippen molar-refractivity contribution in [1.29, 1.82) is 0 Å². The first-order valence-electron chi connectivity index (χ1n) is 7.26. The van der Waals surface area contributed by atoms with Crippen molar-refractivity contribution >= 4 is 28.4 Å². The van der Waals surface area contributed by atoms with Gasteiger partial charge in [-0.1, -0.05) is 24.6 Å². The van der Waals surface area contributed by atoms with Crippen molar-refractivity contribution in [3.05, 3.63) is 35.0 Å². The van der Waals surface area contributed by atoms with Crippen LogP contribution in [-0.2, 0) is 17.9 Å². The minimum Gasteiger partial charge on any atom is -0.352 e. The molecule has 1 amide bonds. The van der Waals surface area contributed by atoms with Gasteiger partial charge in [0.05, 0.1) is 5.52 Å². The first kappa shape index (κ1) is 15.9. The summed E-state index contributed by atoms with van der Waals surface area (Å²) in [5.74, 6) is 0.0252. The number of fused-ring (bicyclic) bond motifs is 1. The third-order valence-corrected chi connectivity index (χ3v) is 3.86. The van der Waals surface area contributed by atoms with E-state index < -0.39 is 0 Å². The smallest absolute Gasteiger partial charge is 0.240 e. The fourth-order valence-electron chi connectivity index (χ4n) is 2.38. The first-order chi connectivity index (χ1) is 10.0. The molecule has 0 spiro atoms. The standard InChI is InChI=1S/C16H22ClN3O/c1-4-11(2)19-16(21)10-20-9-12(8-18-3)14-6-5-13(17)7-15(14)20/h5-7,9,11,18H,4,8,10H2,1-3H3,(H,19,21). The zero-order chi connectivity index (χ0) is 15.4. The number of aromatic nitrogens is 1. The maximum absolute atomic E-state index is 12.1. The fraction of sp³-hybridized carbons (Fsp3) is 0.438. The fourth-order valence-corrected chi connectivity index (χ4v) is 2.55. The Labute approximate surface area is 130 Å². The zero-order valence-corrected chi connectivity index (χ0v) is 13.5. The van der Waals surface area contributed by atoms with E-state index >= 15 is 0 Å². The Balaban J connectivity index is 2.30. The van der Waals surface area contributed by atoms with Crippen molar-refractivity contribution in [3.63, 3.8) is 0 Å². The van der Waals surface area contributed by atoms with Gasteiger partial charge in [-0.3, -0.25) is 4.79 Å². The monoisotopic (exact) mass is 307 g/mol. The van der Waals surface area contributed by atoms with E-state index in [1.54, 1.807) is 0 Å². The van der Waals surface area contributed by atoms with E-state index in [1.165, 1.54) is 5.56 Å². The zero-order valence-electron chi connectivity index (χ0n) is 12.7. The van der Waals surface area contributed by atoms with Crippen LogP contribution in [0.3, 0.4) is 0 Å². The molecule has 0 saturated carbocycles. The van der Waals surface area contributed by atoms with E-state index in [0.29, 0.717) is 11.6 Å². The van der Waals surface area contributed by atoms with Crippen molar-refractivity contribution in [3.8, 4) is 0 Å². The molecular weight excluding hydrogens is 286 g/mol. The number of carbonyl (C=O) groups is 1. The van der Waals surface area contributed by atoms with Crippen LogP contribution >= 0.6 is 11.6 Å². The molecule has 2 N–H and O–H groups in total. The van der Waals surface area contributed by atoms with Gasteiger partial charge in [0.15, 0.2) is 0 Å². The Kier molecular flexibility index (Phi) is 5.26. The highest BCUT2D eigenvalue weighted by Gasteiger charge is 2.12. The predicted molar refractivity (Wildman–Crippen MR) is 87.6 cm³/mol. The highest BCUT2D eigenvalue weighted by molar-refractivity contribution is 6.31. The number of rotatable bonds is 6. The second-order valence-electron chi connectivity index (χ2n) is 5.35. The number of hydrogen-bond donors (Lipinski definition) is 2. The Morgan fingerprint density at radius 1 is 1.43 bits per heavy atom. The average molecular weight is 308 g/mol. The summed E-state index contributed by atoms with van der Waals surface area (Å²) in [6, 6.07) is 5.99. The van der Waals surface area contributed by atoms with Gasteiger partial charge in [0.1, 0.15) is 6.54 Å². The van der Waals surface area contributed by atoms with Crippen LogP contribution < -0.4 is 10.6 Å². The summed E-state index contributed by atoms with van der Waals surface area (Å²) in [5, 5.41) is 7.95. The predicted octanol–water partition coefficient (Wildman–Crippen LogP) is 2.93. The third kappa shape index (κ3) is 3.77. The van der Waals surface area contributed by atoms with Crippen LogP contribution in [0.2, 0.25) is 5.02 Å². The SMILES string of the molecule is CCC(C)NC(=O)Cn1cc(CNC)c2ccc(Cl)cc21. The van der Waals surface area contributed by atoms with Gasteiger partial charge in [-0.05, 0) is 38.1 Å². The molecule has 0 aliphatic heterocycles. The van der Waals surface area contributed by atoms with Crippen LogP contribution in [0.15, 0.2) is 24.4 Å². The summed E-state index contributed by atoms with van der Waals surface area (Å²) in [7, 11) is 1.91. The van der Waals surface area contributed by atoms with Crippen LogP contribution in [0.1, 0.15) is 25.8 Å². The molecule has 0 aliphatic rings. The molecule has 21 heavy (non-hydrogen) atoms. The van der Waals surface area contributed by atoms with Crippen molar-refractivity contribution in [2.45, 2.75) is 39.4 Å². The first-order valence-corrected chi connectivity index (χ1v) is 7.64. The number of nitrogens with zero attached hydrogens (tertiary/aromatic N) is 1. The van der Waals surface area contributed by atoms with Gasteiger partial charge in [-0.25, -0.2) is 0 Å². The number of benzene rings is 1. The van der Waals surface area contributed by atoms with Crippen LogP contribution in [0, 0.1) is 0 Å². The number of carbonyl (C=O) groups excluding carboxylic acids is 1. The molecular formula is C16H22ClN3O. The summed E-state index contributed by atoms with van der Waals surface area (Å²) >= 11 is 6.09. The molecule has 0 aliphatic carbocycles. The van der Waals surface area contributed by atoms with Gasteiger partial charge in [0.25, 0.3) is 0 Å². The van der Waals surface area contributed by atoms with Gasteiger partial charge in [0, 0.05) is 29.2 Å². The summed E-state index contributed by atoms with van der Waals surface area (Å²) in [4.78, 5) is 12.1. The Bertz CT molecular complexity index is 636. The topological polar surface area (TPSA) is 46.1 Å². The highest BCUT2D eigenvalue weighted by Crippen LogP contribution is 2.24. The van der Waals surface area contributed by atoms with Crippen LogP contribution in [-0.4, -0.2) is 23.6 Å². The maximum Gasteiger partial charge on any atom is 0.240 e. The second kappa shape index (κ2) is 6.96. The Hall–Kier alpha value is -1.52. The molecule has 0 fully saturated rings. The largest absolute Gasteiger partial charge is 0.352 e. The van der Waals surface area contributed by atoms with Gasteiger partial charge in [-0.2, -0.15) is 0 Å². The van der Waals surface area contributed by atoms with Gasteiger partial charge in [0.2, 0.25) is 5.91 Å². The lowest BCUT2D eigenvalue weighted by Gasteiger charge is -2.12. The lowest BCUT2D eigenvalue weighted by molar-refractivity contribution is -0.122. The molecule has 114 valence electrons. The molecule has 0 bridgehead atoms. The normalized spacial score (nSPS) is 12.6. The molecule has 1 heterocycles. The lowest BCUT2D eigenvalue weighted by Crippen LogP contribution is -2.34. The summed E-state index contributed by atoms with van der Waals surface area (Å²) in [6.07, 6.45) is 2.95. The number of hydrogen-bond acceptors (Lipinski definition) is 2. The van der Waals surface area contributed by atoms with Crippen molar-refractivity contribution in [2.75, 3.05) is 7.05 Å². The number of halogens is 1. The summed E-state index contributed by atoms with van der Waals surface area (Å²) in [6.45, 7) is 5.14. The molecule has 1 aromatic heterocycles. The van der Waals surface area contributed by atoms with Crippen LogP contribution in [0.4, 0.5) is 0 Å². The minimum absolute atomic E-state index is 0.0252. The van der Waals surface area contributed by atoms with E-state index in [1.807, 2.05) is 42.9 Å². The molecule has 0 radical (unpaired) electrons. The van der Waals surface area contributed by atoms with Crippen LogP contribution in [0.5, 0.6) is 0 Å². The van der Waals surface area contributed by atoms with Crippen molar-refractivity contribution in [2.24, 2.45) is 0 Å². The second-order valence-corrected chi connectivity index (χ2v) is 5.79. The maximum atomic E-state index is 12.1. The molecule has 2 rings (SSSR count). The van der Waals surface area contributed by atoms with E-state index in [0.717, 1.165) is 23.9 Å². The summed E-state index contributed by atoms with van der Waals surface area (Å²) < 4.78 is 1.96. The van der Waals surface area contributed by atoms with E-state index in [2.05, 4.69) is 17.6 Å². The molecule has 1 unspecified atom stereocenters. The molecule has 0 saturated heterocycles. The average Bonchev–Trinajstić information content (AvgIpc) is 2.76. The van der Waals surface area contributed by atoms with Gasteiger partial charge >= 0.3 is 0 Å². The van der Waals surface area contributed by atoms with E-state index in [4.69, 9.17) is 11.6 Å². The minimum atomic E-state index is 0.0252. The molecule has 4 nitrogen and oxygen atoms in total. The van der Waals surface area contributed by atoms with Crippen molar-refractivity contribution < 1.29 is 4.79 Å². The molecule has 2 aromatic rings. The molecule has 5 heteroatoms. The molecule has 1 aromatic carbocycles. The van der Waals surface area contributed by atoms with Crippen LogP contribution in [0.25, 0.3) is 10.9 Å². The Morgan fingerprint density at radius 3 is 2.86 bits per heavy atom. The number of nitrogens with one attached hydrogen (secondary N) is 2. The third-order valence-electron chi connectivity index (χ3n) is 3.63. The quantitative estimate of drug-likeness (QED) is 0.862. The van der Waals surface area contributed by atoms with Gasteiger partial charge < -0.3 is 15.2 Å².